The van der Waals surface area contributed by atoms with Gasteiger partial charge in [0, 0.05) is 34.1 Å². The van der Waals surface area contributed by atoms with Crippen LogP contribution in [0.15, 0.2) is 57.7 Å². The van der Waals surface area contributed by atoms with Gasteiger partial charge in [-0.05, 0) is 35.9 Å². The Bertz CT molecular complexity index is 1870. The fourth-order valence-electron chi connectivity index (χ4n) is 4.95. The number of hydrogen-bond acceptors (Lipinski definition) is 8. The normalized spacial score (nSPS) is 16.1. The predicted octanol–water partition coefficient (Wildman–Crippen LogP) is 5.52. The number of nitrogens with zero attached hydrogens (tertiary/aromatic N) is 5. The summed E-state index contributed by atoms with van der Waals surface area (Å²) in [7, 11) is 0. The molecule has 43 heavy (non-hydrogen) atoms. The quantitative estimate of drug-likeness (QED) is 0.243. The van der Waals surface area contributed by atoms with Crippen LogP contribution in [-0.2, 0) is 17.8 Å². The van der Waals surface area contributed by atoms with Gasteiger partial charge in [0.2, 0.25) is 11.7 Å². The lowest BCUT2D eigenvalue weighted by Gasteiger charge is -2.27. The zero-order valence-corrected chi connectivity index (χ0v) is 23.7. The Hall–Kier alpha value is -4.49. The number of aromatic nitrogens is 6. The van der Waals surface area contributed by atoms with Crippen LogP contribution in [0.25, 0.3) is 23.0 Å². The summed E-state index contributed by atoms with van der Waals surface area (Å²) >= 11 is 5.79. The number of nitrogens with one attached hydrogen (secondary N) is 1. The highest BCUT2D eigenvalue weighted by Crippen LogP contribution is 2.40. The zero-order chi connectivity index (χ0) is 30.3. The molecule has 0 amide bonds. The Kier molecular flexibility index (Phi) is 7.52. The second kappa shape index (κ2) is 11.3. The Balaban J connectivity index is 1.28. The largest absolute Gasteiger partial charge is 0.473 e. The summed E-state index contributed by atoms with van der Waals surface area (Å²) in [6.45, 7) is 4.60. The third-order valence-corrected chi connectivity index (χ3v) is 7.47. The molecule has 5 aromatic rings. The van der Waals surface area contributed by atoms with E-state index in [0.717, 1.165) is 12.1 Å². The fraction of sp³-hybridized carbons (Fsp3) is 0.276. The number of aromatic amines is 1. The first-order valence-electron chi connectivity index (χ1n) is 13.2. The molecule has 3 aromatic heterocycles. The molecular formula is C29H24ClF3N6O4. The summed E-state index contributed by atoms with van der Waals surface area (Å²) in [4.78, 5) is 15.9. The van der Waals surface area contributed by atoms with Crippen molar-refractivity contribution in [3.63, 3.8) is 0 Å². The Labute approximate surface area is 247 Å². The fourth-order valence-corrected chi connectivity index (χ4v) is 5.11. The van der Waals surface area contributed by atoms with E-state index in [1.54, 1.807) is 10.6 Å². The van der Waals surface area contributed by atoms with Crippen LogP contribution in [0.1, 0.15) is 36.8 Å². The maximum Gasteiger partial charge on any atom is 0.434 e. The van der Waals surface area contributed by atoms with E-state index < -0.39 is 23.2 Å². The minimum absolute atomic E-state index is 0.0206. The Morgan fingerprint density at radius 3 is 2.60 bits per heavy atom. The number of pyridine rings is 1. The van der Waals surface area contributed by atoms with Crippen LogP contribution in [-0.4, -0.2) is 43.2 Å². The first-order chi connectivity index (χ1) is 20.6. The van der Waals surface area contributed by atoms with Crippen molar-refractivity contribution in [2.24, 2.45) is 5.41 Å². The van der Waals surface area contributed by atoms with Crippen molar-refractivity contribution in [1.82, 2.24) is 29.9 Å². The average Bonchev–Trinajstić information content (AvgIpc) is 3.67. The van der Waals surface area contributed by atoms with Gasteiger partial charge in [0.05, 0.1) is 24.9 Å². The van der Waals surface area contributed by atoms with Crippen LogP contribution in [0.3, 0.4) is 0 Å². The van der Waals surface area contributed by atoms with E-state index >= 15 is 8.78 Å². The zero-order valence-electron chi connectivity index (χ0n) is 22.9. The van der Waals surface area contributed by atoms with E-state index in [4.69, 9.17) is 25.5 Å². The van der Waals surface area contributed by atoms with E-state index in [2.05, 4.69) is 25.4 Å². The second-order valence-corrected chi connectivity index (χ2v) is 11.2. The molecule has 0 bridgehead atoms. The minimum atomic E-state index is -0.767. The molecule has 4 heterocycles. The van der Waals surface area contributed by atoms with Crippen molar-refractivity contribution in [1.29, 1.82) is 0 Å². The molecule has 222 valence electrons. The lowest BCUT2D eigenvalue weighted by molar-refractivity contribution is 0.166. The van der Waals surface area contributed by atoms with Gasteiger partial charge in [-0.1, -0.05) is 37.6 Å². The molecule has 1 aliphatic heterocycles. The lowest BCUT2D eigenvalue weighted by Crippen LogP contribution is -2.27. The van der Waals surface area contributed by atoms with Gasteiger partial charge in [0.25, 0.3) is 5.89 Å². The van der Waals surface area contributed by atoms with Gasteiger partial charge in [0.1, 0.15) is 29.9 Å². The molecule has 6 rings (SSSR count). The third-order valence-electron chi connectivity index (χ3n) is 7.23. The number of ether oxygens (including phenoxy) is 2. The maximum absolute atomic E-state index is 15.5. The SMILES string of the molecule is CC1(C)COC[C@@H]1n1c(Cc2cc(F)c(-c3cccc(OCc4ccc(Cl)cc4F)n3)cc2F)nnc1-c1n[nH]c(=O)o1. The topological polar surface area (TPSA) is 121 Å². The summed E-state index contributed by atoms with van der Waals surface area (Å²) in [5.41, 5.74) is -0.0479. The van der Waals surface area contributed by atoms with Crippen molar-refractivity contribution in [3.8, 4) is 28.9 Å². The van der Waals surface area contributed by atoms with Crippen LogP contribution >= 0.6 is 11.6 Å². The van der Waals surface area contributed by atoms with Crippen molar-refractivity contribution < 1.29 is 27.1 Å². The van der Waals surface area contributed by atoms with Crippen LogP contribution in [0, 0.1) is 22.9 Å². The predicted molar refractivity (Wildman–Crippen MR) is 148 cm³/mol. The Morgan fingerprint density at radius 2 is 1.88 bits per heavy atom. The molecular weight excluding hydrogens is 589 g/mol. The van der Waals surface area contributed by atoms with Gasteiger partial charge in [-0.2, -0.15) is 0 Å². The maximum atomic E-state index is 15.5. The first kappa shape index (κ1) is 28.6. The summed E-state index contributed by atoms with van der Waals surface area (Å²) < 4.78 is 63.2. The van der Waals surface area contributed by atoms with Crippen LogP contribution in [0.2, 0.25) is 5.02 Å². The smallest absolute Gasteiger partial charge is 0.434 e. The van der Waals surface area contributed by atoms with Crippen LogP contribution < -0.4 is 10.5 Å². The van der Waals surface area contributed by atoms with E-state index in [9.17, 15) is 9.18 Å². The monoisotopic (exact) mass is 612 g/mol. The summed E-state index contributed by atoms with van der Waals surface area (Å²) in [5.74, 6) is -2.24. The van der Waals surface area contributed by atoms with Crippen molar-refractivity contribution >= 4 is 11.6 Å². The number of hydrogen-bond donors (Lipinski definition) is 1. The molecule has 1 fully saturated rings. The number of rotatable bonds is 8. The summed E-state index contributed by atoms with van der Waals surface area (Å²) in [6, 6.07) is 10.6. The molecule has 1 saturated heterocycles. The van der Waals surface area contributed by atoms with Crippen LogP contribution in [0.5, 0.6) is 5.88 Å². The molecule has 0 unspecified atom stereocenters. The number of H-pyrrole nitrogens is 1. The molecule has 1 atom stereocenters. The van der Waals surface area contributed by atoms with E-state index in [1.807, 2.05) is 13.8 Å². The standard InChI is InChI=1S/C29H24ClF3N6O4/c1-29(2)14-41-13-23(29)39-24(35-36-26(39)27-37-38-28(40)43-27)9-16-8-21(33)18(11-20(16)32)22-4-3-5-25(34-22)42-12-15-6-7-17(30)10-19(15)31/h3-8,10-11,23H,9,12-14H2,1-2H3,(H,38,40)/t23-/m0/s1. The molecule has 0 aliphatic carbocycles. The van der Waals surface area contributed by atoms with Gasteiger partial charge < -0.3 is 18.5 Å². The number of halogens is 4. The van der Waals surface area contributed by atoms with Crippen LogP contribution in [0.4, 0.5) is 13.2 Å². The molecule has 0 radical (unpaired) electrons. The lowest BCUT2D eigenvalue weighted by atomic mass is 9.87. The van der Waals surface area contributed by atoms with Gasteiger partial charge in [-0.3, -0.25) is 0 Å². The minimum Gasteiger partial charge on any atom is -0.473 e. The molecule has 0 spiro atoms. The highest BCUT2D eigenvalue weighted by Gasteiger charge is 2.40. The highest BCUT2D eigenvalue weighted by atomic mass is 35.5. The van der Waals surface area contributed by atoms with Gasteiger partial charge in [0.15, 0.2) is 0 Å². The van der Waals surface area contributed by atoms with Crippen molar-refractivity contribution in [2.45, 2.75) is 32.9 Å². The summed E-state index contributed by atoms with van der Waals surface area (Å²) in [6.07, 6.45) is -0.125. The van der Waals surface area contributed by atoms with E-state index in [-0.39, 0.29) is 69.5 Å². The van der Waals surface area contributed by atoms with Gasteiger partial charge in [-0.25, -0.2) is 28.0 Å². The molecule has 1 aliphatic rings. The van der Waals surface area contributed by atoms with Gasteiger partial charge >= 0.3 is 5.76 Å². The van der Waals surface area contributed by atoms with Crippen molar-refractivity contribution in [3.05, 3.63) is 98.5 Å². The molecule has 0 saturated carbocycles. The summed E-state index contributed by atoms with van der Waals surface area (Å²) in [5, 5.41) is 14.7. The van der Waals surface area contributed by atoms with Crippen molar-refractivity contribution in [2.75, 3.05) is 13.2 Å². The highest BCUT2D eigenvalue weighted by molar-refractivity contribution is 6.30. The van der Waals surface area contributed by atoms with E-state index in [0.29, 0.717) is 19.0 Å². The average molecular weight is 613 g/mol. The van der Waals surface area contributed by atoms with E-state index in [1.165, 1.54) is 30.3 Å². The first-order valence-corrected chi connectivity index (χ1v) is 13.6. The molecule has 1 N–H and O–H groups in total. The number of benzene rings is 2. The third kappa shape index (κ3) is 5.77. The van der Waals surface area contributed by atoms with Gasteiger partial charge in [-0.15, -0.1) is 15.3 Å². The Morgan fingerprint density at radius 1 is 1.07 bits per heavy atom. The molecule has 2 aromatic carbocycles. The molecule has 14 heteroatoms. The molecule has 10 nitrogen and oxygen atoms in total. The second-order valence-electron chi connectivity index (χ2n) is 10.7.